The second-order valence-corrected chi connectivity index (χ2v) is 6.57. The molecule has 0 aromatic heterocycles. The maximum atomic E-state index is 13.2. The summed E-state index contributed by atoms with van der Waals surface area (Å²) in [5.41, 5.74) is 1.27. The smallest absolute Gasteiger partial charge is 0.396 e. The monoisotopic (exact) mass is 352 g/mol. The molecular formula is C18H31F3O3. The van der Waals surface area contributed by atoms with Crippen molar-refractivity contribution in [1.82, 2.24) is 0 Å². The van der Waals surface area contributed by atoms with Gasteiger partial charge in [0.05, 0.1) is 13.2 Å². The second kappa shape index (κ2) is 11.9. The molecule has 24 heavy (non-hydrogen) atoms. The number of unbranched alkanes of at least 4 members (excludes halogenated alkanes) is 2. The van der Waals surface area contributed by atoms with Gasteiger partial charge >= 0.3 is 6.18 Å². The zero-order valence-corrected chi connectivity index (χ0v) is 14.6. The molecule has 1 aliphatic carbocycles. The highest BCUT2D eigenvalue weighted by atomic mass is 19.4. The Morgan fingerprint density at radius 2 is 1.96 bits per heavy atom. The van der Waals surface area contributed by atoms with Crippen molar-refractivity contribution in [3.8, 4) is 0 Å². The van der Waals surface area contributed by atoms with Gasteiger partial charge < -0.3 is 14.6 Å². The predicted octanol–water partition coefficient (Wildman–Crippen LogP) is 4.64. The molecule has 0 fully saturated rings. The summed E-state index contributed by atoms with van der Waals surface area (Å²) in [5.74, 6) is 0.0599. The Morgan fingerprint density at radius 1 is 1.17 bits per heavy atom. The molecule has 0 amide bonds. The van der Waals surface area contributed by atoms with Gasteiger partial charge in [0.15, 0.2) is 6.10 Å². The van der Waals surface area contributed by atoms with Crippen LogP contribution in [0.2, 0.25) is 0 Å². The van der Waals surface area contributed by atoms with Crippen LogP contribution < -0.4 is 0 Å². The van der Waals surface area contributed by atoms with Gasteiger partial charge in [-0.15, -0.1) is 0 Å². The maximum absolute atomic E-state index is 13.2. The van der Waals surface area contributed by atoms with Crippen molar-refractivity contribution in [2.24, 2.45) is 5.92 Å². The Balaban J connectivity index is 2.25. The molecule has 1 N–H and O–H groups in total. The summed E-state index contributed by atoms with van der Waals surface area (Å²) in [4.78, 5) is 0. The third-order valence-electron chi connectivity index (χ3n) is 4.42. The van der Waals surface area contributed by atoms with Crippen molar-refractivity contribution in [1.29, 1.82) is 0 Å². The van der Waals surface area contributed by atoms with Crippen molar-refractivity contribution >= 4 is 0 Å². The molecule has 2 unspecified atom stereocenters. The third kappa shape index (κ3) is 9.64. The molecule has 0 radical (unpaired) electrons. The number of aliphatic hydroxyl groups excluding tert-OH is 1. The quantitative estimate of drug-likeness (QED) is 0.435. The Kier molecular flexibility index (Phi) is 10.6. The summed E-state index contributed by atoms with van der Waals surface area (Å²) in [7, 11) is 0. The summed E-state index contributed by atoms with van der Waals surface area (Å²) < 4.78 is 49.9. The van der Waals surface area contributed by atoms with Gasteiger partial charge in [-0.1, -0.05) is 11.6 Å². The van der Waals surface area contributed by atoms with Crippen molar-refractivity contribution in [2.75, 3.05) is 26.4 Å². The SMILES string of the molecule is CC1=CCCC(CC(OCCOCCCCCO)C(F)(F)F)CC1. The lowest BCUT2D eigenvalue weighted by atomic mass is 9.92. The molecule has 0 bridgehead atoms. The van der Waals surface area contributed by atoms with E-state index >= 15 is 0 Å². The summed E-state index contributed by atoms with van der Waals surface area (Å²) in [6.07, 6.45) is 1.89. The fraction of sp³-hybridized carbons (Fsp3) is 0.889. The molecule has 1 aliphatic rings. The van der Waals surface area contributed by atoms with Crippen molar-refractivity contribution in [3.63, 3.8) is 0 Å². The minimum absolute atomic E-state index is 0.0336. The average Bonchev–Trinajstić information content (AvgIpc) is 2.72. The molecular weight excluding hydrogens is 321 g/mol. The van der Waals surface area contributed by atoms with Gasteiger partial charge in [-0.25, -0.2) is 0 Å². The van der Waals surface area contributed by atoms with Crippen LogP contribution in [-0.4, -0.2) is 43.8 Å². The van der Waals surface area contributed by atoms with E-state index in [-0.39, 0.29) is 32.2 Å². The first kappa shape index (κ1) is 21.5. The normalized spacial score (nSPS) is 20.5. The lowest BCUT2D eigenvalue weighted by Gasteiger charge is -2.25. The molecule has 3 nitrogen and oxygen atoms in total. The van der Waals surface area contributed by atoms with E-state index in [0.717, 1.165) is 44.9 Å². The average molecular weight is 352 g/mol. The van der Waals surface area contributed by atoms with Crippen LogP contribution in [0.15, 0.2) is 11.6 Å². The van der Waals surface area contributed by atoms with Gasteiger partial charge in [-0.05, 0) is 64.2 Å². The van der Waals surface area contributed by atoms with E-state index in [1.807, 2.05) is 6.92 Å². The molecule has 0 aromatic rings. The fourth-order valence-electron chi connectivity index (χ4n) is 2.92. The minimum atomic E-state index is -4.32. The molecule has 0 heterocycles. The van der Waals surface area contributed by atoms with Crippen LogP contribution in [0.3, 0.4) is 0 Å². The molecule has 0 saturated carbocycles. The summed E-state index contributed by atoms with van der Waals surface area (Å²) >= 11 is 0. The van der Waals surface area contributed by atoms with Gasteiger partial charge in [0, 0.05) is 13.2 Å². The molecule has 1 rings (SSSR count). The number of rotatable bonds is 11. The summed E-state index contributed by atoms with van der Waals surface area (Å²) in [6.45, 7) is 2.84. The van der Waals surface area contributed by atoms with E-state index in [2.05, 4.69) is 6.08 Å². The highest BCUT2D eigenvalue weighted by Gasteiger charge is 2.41. The van der Waals surface area contributed by atoms with Crippen molar-refractivity contribution < 1.29 is 27.8 Å². The minimum Gasteiger partial charge on any atom is -0.396 e. The van der Waals surface area contributed by atoms with Gasteiger partial charge in [-0.3, -0.25) is 0 Å². The van der Waals surface area contributed by atoms with E-state index in [1.54, 1.807) is 0 Å². The molecule has 0 aromatic carbocycles. The summed E-state index contributed by atoms with van der Waals surface area (Å²) in [5, 5.41) is 8.64. The number of allylic oxidation sites excluding steroid dienone is 2. The van der Waals surface area contributed by atoms with Crippen LogP contribution in [0.5, 0.6) is 0 Å². The van der Waals surface area contributed by atoms with Gasteiger partial charge in [0.25, 0.3) is 0 Å². The van der Waals surface area contributed by atoms with E-state index in [9.17, 15) is 13.2 Å². The molecule has 142 valence electrons. The first-order chi connectivity index (χ1) is 11.4. The Hall–Kier alpha value is -0.590. The lowest BCUT2D eigenvalue weighted by Crippen LogP contribution is -2.34. The van der Waals surface area contributed by atoms with Crippen LogP contribution in [0.25, 0.3) is 0 Å². The zero-order chi connectivity index (χ0) is 17.8. The molecule has 0 aliphatic heterocycles. The van der Waals surface area contributed by atoms with Crippen LogP contribution in [-0.2, 0) is 9.47 Å². The molecule has 0 spiro atoms. The Labute approximate surface area is 143 Å². The largest absolute Gasteiger partial charge is 0.414 e. The first-order valence-electron chi connectivity index (χ1n) is 8.96. The van der Waals surface area contributed by atoms with Gasteiger partial charge in [0.2, 0.25) is 0 Å². The Bertz CT molecular complexity index is 356. The molecule has 0 saturated heterocycles. The van der Waals surface area contributed by atoms with Crippen molar-refractivity contribution in [2.45, 2.75) is 70.6 Å². The summed E-state index contributed by atoms with van der Waals surface area (Å²) in [6, 6.07) is 0. The first-order valence-corrected chi connectivity index (χ1v) is 8.96. The highest BCUT2D eigenvalue weighted by molar-refractivity contribution is 5.00. The second-order valence-electron chi connectivity index (χ2n) is 6.57. The van der Waals surface area contributed by atoms with E-state index < -0.39 is 12.3 Å². The van der Waals surface area contributed by atoms with Gasteiger partial charge in [-0.2, -0.15) is 13.2 Å². The number of hydrogen-bond acceptors (Lipinski definition) is 3. The predicted molar refractivity (Wildman–Crippen MR) is 87.9 cm³/mol. The van der Waals surface area contributed by atoms with Gasteiger partial charge in [0.1, 0.15) is 0 Å². The number of ether oxygens (including phenoxy) is 2. The molecule has 2 atom stereocenters. The number of halogens is 3. The maximum Gasteiger partial charge on any atom is 0.414 e. The highest BCUT2D eigenvalue weighted by Crippen LogP contribution is 2.33. The van der Waals surface area contributed by atoms with Crippen LogP contribution in [0.4, 0.5) is 13.2 Å². The lowest BCUT2D eigenvalue weighted by molar-refractivity contribution is -0.227. The standard InChI is InChI=1S/C18H31F3O3/c1-15-6-5-7-16(9-8-15)14-17(18(19,20)21)24-13-12-23-11-4-2-3-10-22/h6,16-17,22H,2-5,7-14H2,1H3. The zero-order valence-electron chi connectivity index (χ0n) is 14.6. The van der Waals surface area contributed by atoms with Crippen LogP contribution in [0.1, 0.15) is 58.3 Å². The van der Waals surface area contributed by atoms with E-state index in [1.165, 1.54) is 5.57 Å². The number of hydrogen-bond donors (Lipinski definition) is 1. The van der Waals surface area contributed by atoms with E-state index in [4.69, 9.17) is 14.6 Å². The Morgan fingerprint density at radius 3 is 2.67 bits per heavy atom. The topological polar surface area (TPSA) is 38.7 Å². The molecule has 6 heteroatoms. The fourth-order valence-corrected chi connectivity index (χ4v) is 2.92. The number of aliphatic hydroxyl groups is 1. The number of alkyl halides is 3. The van der Waals surface area contributed by atoms with Crippen LogP contribution >= 0.6 is 0 Å². The third-order valence-corrected chi connectivity index (χ3v) is 4.42. The van der Waals surface area contributed by atoms with E-state index in [0.29, 0.717) is 6.61 Å². The van der Waals surface area contributed by atoms with Crippen molar-refractivity contribution in [3.05, 3.63) is 11.6 Å². The van der Waals surface area contributed by atoms with Crippen LogP contribution in [0, 0.1) is 5.92 Å².